The minimum atomic E-state index is -0.162. The van der Waals surface area contributed by atoms with Crippen molar-refractivity contribution in [3.8, 4) is 0 Å². The zero-order valence-electron chi connectivity index (χ0n) is 18.5. The summed E-state index contributed by atoms with van der Waals surface area (Å²) in [6.45, 7) is 4.86. The molecule has 8 heteroatoms. The number of thioether (sulfide) groups is 1. The van der Waals surface area contributed by atoms with Crippen LogP contribution in [-0.2, 0) is 17.9 Å². The van der Waals surface area contributed by atoms with Gasteiger partial charge in [-0.1, -0.05) is 59.8 Å². The first-order valence-corrected chi connectivity index (χ1v) is 11.7. The highest BCUT2D eigenvalue weighted by Gasteiger charge is 2.15. The van der Waals surface area contributed by atoms with E-state index in [1.54, 1.807) is 12.1 Å². The molecule has 3 aromatic carbocycles. The van der Waals surface area contributed by atoms with E-state index in [4.69, 9.17) is 0 Å². The second kappa shape index (κ2) is 10.3. The van der Waals surface area contributed by atoms with Crippen molar-refractivity contribution in [2.45, 2.75) is 32.1 Å². The van der Waals surface area contributed by atoms with Crippen LogP contribution in [0.15, 0.2) is 71.9 Å². The summed E-state index contributed by atoms with van der Waals surface area (Å²) in [5.41, 5.74) is 2.46. The minimum Gasteiger partial charge on any atom is -0.345 e. The fraction of sp³-hybridized carbons (Fsp3) is 0.200. The first-order valence-electron chi connectivity index (χ1n) is 10.7. The molecule has 0 atom stereocenters. The van der Waals surface area contributed by atoms with Crippen molar-refractivity contribution in [2.24, 2.45) is 0 Å². The van der Waals surface area contributed by atoms with Gasteiger partial charge in [0.25, 0.3) is 5.91 Å². The van der Waals surface area contributed by atoms with Crippen molar-refractivity contribution < 1.29 is 9.59 Å². The first kappa shape index (κ1) is 22.5. The van der Waals surface area contributed by atoms with Gasteiger partial charge in [-0.05, 0) is 48.9 Å². The molecule has 0 unspecified atom stereocenters. The van der Waals surface area contributed by atoms with Crippen LogP contribution in [0.1, 0.15) is 28.7 Å². The molecular formula is C25H25N5O2S. The lowest BCUT2D eigenvalue weighted by atomic mass is 10.1. The molecule has 2 N–H and O–H groups in total. The van der Waals surface area contributed by atoms with Crippen molar-refractivity contribution in [1.29, 1.82) is 0 Å². The Hall–Kier alpha value is -3.65. The fourth-order valence-corrected chi connectivity index (χ4v) is 4.26. The molecule has 0 aliphatic rings. The van der Waals surface area contributed by atoms with Crippen molar-refractivity contribution in [2.75, 3.05) is 11.1 Å². The van der Waals surface area contributed by atoms with E-state index in [0.29, 0.717) is 23.1 Å². The summed E-state index contributed by atoms with van der Waals surface area (Å²) in [6, 6.07) is 21.3. The standard InChI is InChI=1S/C25H25N5O2S/c1-3-30-22(15-26-24(32)19-10-8-17(2)9-11-19)28-29-25(30)33-16-23(31)27-21-13-12-18-6-4-5-7-20(18)14-21/h4-14H,3,15-16H2,1-2H3,(H,26,32)(H,27,31). The predicted molar refractivity (Wildman–Crippen MR) is 131 cm³/mol. The number of benzene rings is 3. The lowest BCUT2D eigenvalue weighted by Gasteiger charge is -2.09. The van der Waals surface area contributed by atoms with Crippen LogP contribution in [-0.4, -0.2) is 32.3 Å². The number of fused-ring (bicyclic) bond motifs is 1. The van der Waals surface area contributed by atoms with E-state index < -0.39 is 0 Å². The summed E-state index contributed by atoms with van der Waals surface area (Å²) in [5.74, 6) is 0.580. The molecule has 0 aliphatic carbocycles. The number of carbonyl (C=O) groups is 2. The molecule has 0 saturated heterocycles. The largest absolute Gasteiger partial charge is 0.345 e. The van der Waals surface area contributed by atoms with Gasteiger partial charge in [0.05, 0.1) is 12.3 Å². The molecular weight excluding hydrogens is 434 g/mol. The Kier molecular flexibility index (Phi) is 7.04. The number of anilines is 1. The monoisotopic (exact) mass is 459 g/mol. The average Bonchev–Trinajstić information content (AvgIpc) is 3.23. The van der Waals surface area contributed by atoms with Crippen LogP contribution in [0.2, 0.25) is 0 Å². The molecule has 1 heterocycles. The van der Waals surface area contributed by atoms with Crippen LogP contribution in [0, 0.1) is 6.92 Å². The maximum atomic E-state index is 12.5. The van der Waals surface area contributed by atoms with Crippen LogP contribution >= 0.6 is 11.8 Å². The molecule has 168 valence electrons. The van der Waals surface area contributed by atoms with E-state index in [1.807, 2.05) is 73.0 Å². The van der Waals surface area contributed by atoms with Crippen LogP contribution in [0.5, 0.6) is 0 Å². The van der Waals surface area contributed by atoms with Crippen LogP contribution < -0.4 is 10.6 Å². The van der Waals surface area contributed by atoms with Crippen LogP contribution in [0.4, 0.5) is 5.69 Å². The summed E-state index contributed by atoms with van der Waals surface area (Å²) in [7, 11) is 0. The Bertz CT molecular complexity index is 1280. The molecule has 33 heavy (non-hydrogen) atoms. The normalized spacial score (nSPS) is 10.8. The summed E-state index contributed by atoms with van der Waals surface area (Å²) >= 11 is 1.32. The average molecular weight is 460 g/mol. The Morgan fingerprint density at radius 2 is 1.73 bits per heavy atom. The van der Waals surface area contributed by atoms with Crippen molar-refractivity contribution in [3.63, 3.8) is 0 Å². The quantitative estimate of drug-likeness (QED) is 0.381. The van der Waals surface area contributed by atoms with Gasteiger partial charge in [-0.3, -0.25) is 9.59 Å². The molecule has 0 fully saturated rings. The second-order valence-electron chi connectivity index (χ2n) is 7.59. The third kappa shape index (κ3) is 5.59. The molecule has 2 amide bonds. The lowest BCUT2D eigenvalue weighted by molar-refractivity contribution is -0.113. The Labute approximate surface area is 196 Å². The summed E-state index contributed by atoms with van der Waals surface area (Å²) < 4.78 is 1.91. The van der Waals surface area contributed by atoms with E-state index in [0.717, 1.165) is 22.0 Å². The van der Waals surface area contributed by atoms with E-state index in [9.17, 15) is 9.59 Å². The number of nitrogens with one attached hydrogen (secondary N) is 2. The Morgan fingerprint density at radius 3 is 2.48 bits per heavy atom. The number of rotatable bonds is 8. The van der Waals surface area contributed by atoms with Gasteiger partial charge in [0.2, 0.25) is 5.91 Å². The van der Waals surface area contributed by atoms with Gasteiger partial charge in [-0.2, -0.15) is 0 Å². The Morgan fingerprint density at radius 1 is 0.970 bits per heavy atom. The van der Waals surface area contributed by atoms with E-state index in [-0.39, 0.29) is 24.1 Å². The number of hydrogen-bond donors (Lipinski definition) is 2. The minimum absolute atomic E-state index is 0.116. The van der Waals surface area contributed by atoms with Gasteiger partial charge >= 0.3 is 0 Å². The maximum Gasteiger partial charge on any atom is 0.251 e. The molecule has 0 spiro atoms. The summed E-state index contributed by atoms with van der Waals surface area (Å²) in [5, 5.41) is 17.1. The predicted octanol–water partition coefficient (Wildman–Crippen LogP) is 4.42. The lowest BCUT2D eigenvalue weighted by Crippen LogP contribution is -2.24. The van der Waals surface area contributed by atoms with Gasteiger partial charge in [-0.25, -0.2) is 0 Å². The second-order valence-corrected chi connectivity index (χ2v) is 8.53. The number of hydrogen-bond acceptors (Lipinski definition) is 5. The Balaban J connectivity index is 1.33. The molecule has 0 bridgehead atoms. The van der Waals surface area contributed by atoms with Crippen molar-refractivity contribution >= 4 is 40.0 Å². The topological polar surface area (TPSA) is 88.9 Å². The number of aromatic nitrogens is 3. The first-order chi connectivity index (χ1) is 16.0. The molecule has 4 aromatic rings. The molecule has 7 nitrogen and oxygen atoms in total. The van der Waals surface area contributed by atoms with E-state index in [1.165, 1.54) is 11.8 Å². The summed E-state index contributed by atoms with van der Waals surface area (Å²) in [6.07, 6.45) is 0. The molecule has 4 rings (SSSR count). The number of nitrogens with zero attached hydrogens (tertiary/aromatic N) is 3. The highest BCUT2D eigenvalue weighted by molar-refractivity contribution is 7.99. The zero-order chi connectivity index (χ0) is 23.2. The smallest absolute Gasteiger partial charge is 0.251 e. The van der Waals surface area contributed by atoms with E-state index in [2.05, 4.69) is 20.8 Å². The number of amides is 2. The molecule has 1 aromatic heterocycles. The number of aryl methyl sites for hydroxylation is 1. The van der Waals surface area contributed by atoms with Crippen molar-refractivity contribution in [3.05, 3.63) is 83.7 Å². The van der Waals surface area contributed by atoms with Gasteiger partial charge in [-0.15, -0.1) is 10.2 Å². The summed E-state index contributed by atoms with van der Waals surface area (Å²) in [4.78, 5) is 24.9. The van der Waals surface area contributed by atoms with E-state index >= 15 is 0 Å². The third-order valence-electron chi connectivity index (χ3n) is 5.20. The highest BCUT2D eigenvalue weighted by Crippen LogP contribution is 2.21. The number of carbonyl (C=O) groups excluding carboxylic acids is 2. The SMILES string of the molecule is CCn1c(CNC(=O)c2ccc(C)cc2)nnc1SCC(=O)Nc1ccc2ccccc2c1. The van der Waals surface area contributed by atoms with Gasteiger partial charge in [0.1, 0.15) is 0 Å². The van der Waals surface area contributed by atoms with Crippen LogP contribution in [0.3, 0.4) is 0 Å². The highest BCUT2D eigenvalue weighted by atomic mass is 32.2. The van der Waals surface area contributed by atoms with Gasteiger partial charge in [0.15, 0.2) is 11.0 Å². The molecule has 0 radical (unpaired) electrons. The van der Waals surface area contributed by atoms with Crippen LogP contribution in [0.25, 0.3) is 10.8 Å². The zero-order valence-corrected chi connectivity index (χ0v) is 19.4. The third-order valence-corrected chi connectivity index (χ3v) is 6.16. The fourth-order valence-electron chi connectivity index (χ4n) is 3.43. The van der Waals surface area contributed by atoms with Gasteiger partial charge in [0, 0.05) is 17.8 Å². The van der Waals surface area contributed by atoms with Crippen molar-refractivity contribution in [1.82, 2.24) is 20.1 Å². The molecule has 0 saturated carbocycles. The molecule has 0 aliphatic heterocycles. The maximum absolute atomic E-state index is 12.5. The van der Waals surface area contributed by atoms with Gasteiger partial charge < -0.3 is 15.2 Å².